The van der Waals surface area contributed by atoms with Gasteiger partial charge in [-0.25, -0.2) is 0 Å². The molecule has 19 heavy (non-hydrogen) atoms. The molecule has 1 atom stereocenters. The van der Waals surface area contributed by atoms with Crippen molar-refractivity contribution in [3.05, 3.63) is 28.2 Å². The van der Waals surface area contributed by atoms with Gasteiger partial charge in [0.05, 0.1) is 11.1 Å². The van der Waals surface area contributed by atoms with Crippen LogP contribution in [0.4, 0.5) is 0 Å². The third-order valence-corrected chi connectivity index (χ3v) is 4.06. The molecular weight excluding hydrogens is 306 g/mol. The Morgan fingerprint density at radius 2 is 1.89 bits per heavy atom. The molecule has 2 N–H and O–H groups in total. The van der Waals surface area contributed by atoms with Crippen molar-refractivity contribution in [2.45, 2.75) is 32.7 Å². The van der Waals surface area contributed by atoms with Crippen LogP contribution in [0.15, 0.2) is 22.7 Å². The first-order valence-corrected chi connectivity index (χ1v) is 7.60. The average Bonchev–Trinajstić information content (AvgIpc) is 2.42. The predicted molar refractivity (Wildman–Crippen MR) is 82.5 cm³/mol. The molecule has 1 aromatic carbocycles. The molecule has 0 aliphatic rings. The Kier molecular flexibility index (Phi) is 7.42. The molecule has 0 saturated heterocycles. The highest BCUT2D eigenvalue weighted by molar-refractivity contribution is 9.10. The van der Waals surface area contributed by atoms with Gasteiger partial charge in [-0.1, -0.05) is 32.8 Å². The van der Waals surface area contributed by atoms with Crippen molar-refractivity contribution in [3.8, 4) is 5.75 Å². The third-order valence-electron chi connectivity index (χ3n) is 3.44. The fourth-order valence-corrected chi connectivity index (χ4v) is 2.66. The van der Waals surface area contributed by atoms with E-state index in [9.17, 15) is 0 Å². The maximum absolute atomic E-state index is 6.32. The van der Waals surface area contributed by atoms with Gasteiger partial charge in [0, 0.05) is 13.2 Å². The molecule has 0 aromatic heterocycles. The summed E-state index contributed by atoms with van der Waals surface area (Å²) >= 11 is 3.54. The number of hydrogen-bond donors (Lipinski definition) is 1. The lowest BCUT2D eigenvalue weighted by molar-refractivity contribution is 0.146. The van der Waals surface area contributed by atoms with Gasteiger partial charge in [-0.05, 0) is 39.5 Å². The van der Waals surface area contributed by atoms with E-state index in [0.29, 0.717) is 19.1 Å². The molecule has 0 heterocycles. The Morgan fingerprint density at radius 1 is 1.21 bits per heavy atom. The molecule has 1 rings (SSSR count). The second kappa shape index (κ2) is 8.56. The van der Waals surface area contributed by atoms with E-state index in [1.165, 1.54) is 0 Å². The summed E-state index contributed by atoms with van der Waals surface area (Å²) in [6.45, 7) is 5.51. The molecular formula is C15H24BrNO2. The van der Waals surface area contributed by atoms with Crippen molar-refractivity contribution < 1.29 is 9.47 Å². The summed E-state index contributed by atoms with van der Waals surface area (Å²) in [5.74, 6) is 1.35. The minimum Gasteiger partial charge on any atom is -0.490 e. The van der Waals surface area contributed by atoms with Gasteiger partial charge in [0.25, 0.3) is 0 Å². The first-order chi connectivity index (χ1) is 9.13. The normalized spacial score (nSPS) is 12.7. The van der Waals surface area contributed by atoms with Crippen molar-refractivity contribution >= 4 is 15.9 Å². The largest absolute Gasteiger partial charge is 0.490 e. The zero-order valence-electron chi connectivity index (χ0n) is 12.0. The second-order valence-corrected chi connectivity index (χ2v) is 5.49. The van der Waals surface area contributed by atoms with Crippen LogP contribution in [0.3, 0.4) is 0 Å². The molecule has 0 amide bonds. The highest BCUT2D eigenvalue weighted by atomic mass is 79.9. The molecule has 1 aromatic rings. The molecule has 3 nitrogen and oxygen atoms in total. The Hall–Kier alpha value is -0.580. The predicted octanol–water partition coefficient (Wildman–Crippen LogP) is 3.91. The quantitative estimate of drug-likeness (QED) is 0.735. The van der Waals surface area contributed by atoms with E-state index < -0.39 is 0 Å². The van der Waals surface area contributed by atoms with Gasteiger partial charge in [-0.2, -0.15) is 0 Å². The highest BCUT2D eigenvalue weighted by Gasteiger charge is 2.17. The molecule has 0 aliphatic carbocycles. The van der Waals surface area contributed by atoms with Crippen LogP contribution < -0.4 is 10.5 Å². The Balaban J connectivity index is 2.75. The van der Waals surface area contributed by atoms with Crippen molar-refractivity contribution in [2.75, 3.05) is 20.3 Å². The maximum atomic E-state index is 6.32. The summed E-state index contributed by atoms with van der Waals surface area (Å²) in [6, 6.07) is 6.16. The Bertz CT molecular complexity index is 380. The van der Waals surface area contributed by atoms with Gasteiger partial charge >= 0.3 is 0 Å². The zero-order valence-corrected chi connectivity index (χ0v) is 13.6. The van der Waals surface area contributed by atoms with Crippen LogP contribution in [0, 0.1) is 5.92 Å². The number of nitrogens with two attached hydrogens (primary N) is 1. The van der Waals surface area contributed by atoms with E-state index in [2.05, 4.69) is 41.9 Å². The number of hydrogen-bond acceptors (Lipinski definition) is 3. The van der Waals surface area contributed by atoms with Gasteiger partial charge in [0.1, 0.15) is 12.4 Å². The molecule has 4 heteroatoms. The number of rotatable bonds is 8. The molecule has 0 aliphatic heterocycles. The van der Waals surface area contributed by atoms with Crippen LogP contribution in [0.25, 0.3) is 0 Å². The standard InChI is InChI=1S/C15H24BrNO2/c1-4-11(5-2)15(17)12-6-7-14(13(16)10-12)19-9-8-18-3/h6-7,10-11,15H,4-5,8-9,17H2,1-3H3. The van der Waals surface area contributed by atoms with E-state index in [0.717, 1.165) is 28.6 Å². The van der Waals surface area contributed by atoms with Crippen LogP contribution >= 0.6 is 15.9 Å². The lowest BCUT2D eigenvalue weighted by Crippen LogP contribution is -2.20. The number of ether oxygens (including phenoxy) is 2. The lowest BCUT2D eigenvalue weighted by atomic mass is 9.90. The van der Waals surface area contributed by atoms with Crippen LogP contribution in [0.1, 0.15) is 38.3 Å². The second-order valence-electron chi connectivity index (χ2n) is 4.63. The summed E-state index contributed by atoms with van der Waals surface area (Å²) < 4.78 is 11.5. The van der Waals surface area contributed by atoms with Crippen LogP contribution in [0.5, 0.6) is 5.75 Å². The Labute approximate surface area is 124 Å². The number of methoxy groups -OCH3 is 1. The molecule has 0 fully saturated rings. The van der Waals surface area contributed by atoms with Gasteiger partial charge < -0.3 is 15.2 Å². The van der Waals surface area contributed by atoms with Gasteiger partial charge in [-0.3, -0.25) is 0 Å². The van der Waals surface area contributed by atoms with Crippen LogP contribution in [-0.2, 0) is 4.74 Å². The van der Waals surface area contributed by atoms with E-state index in [4.69, 9.17) is 15.2 Å². The fraction of sp³-hybridized carbons (Fsp3) is 0.600. The average molecular weight is 330 g/mol. The Morgan fingerprint density at radius 3 is 2.42 bits per heavy atom. The van der Waals surface area contributed by atoms with E-state index >= 15 is 0 Å². The molecule has 1 unspecified atom stereocenters. The van der Waals surface area contributed by atoms with Gasteiger partial charge in [-0.15, -0.1) is 0 Å². The first kappa shape index (κ1) is 16.5. The molecule has 0 saturated carbocycles. The number of halogens is 1. The highest BCUT2D eigenvalue weighted by Crippen LogP contribution is 2.31. The smallest absolute Gasteiger partial charge is 0.133 e. The first-order valence-electron chi connectivity index (χ1n) is 6.80. The summed E-state index contributed by atoms with van der Waals surface area (Å²) in [5, 5.41) is 0. The van der Waals surface area contributed by atoms with Gasteiger partial charge in [0.2, 0.25) is 0 Å². The zero-order chi connectivity index (χ0) is 14.3. The summed E-state index contributed by atoms with van der Waals surface area (Å²) in [4.78, 5) is 0. The fourth-order valence-electron chi connectivity index (χ4n) is 2.15. The summed E-state index contributed by atoms with van der Waals surface area (Å²) in [6.07, 6.45) is 2.20. The maximum Gasteiger partial charge on any atom is 0.133 e. The minimum atomic E-state index is 0.0827. The monoisotopic (exact) mass is 329 g/mol. The molecule has 0 bridgehead atoms. The van der Waals surface area contributed by atoms with Crippen molar-refractivity contribution in [2.24, 2.45) is 11.7 Å². The molecule has 108 valence electrons. The van der Waals surface area contributed by atoms with Crippen molar-refractivity contribution in [1.82, 2.24) is 0 Å². The lowest BCUT2D eigenvalue weighted by Gasteiger charge is -2.22. The topological polar surface area (TPSA) is 44.5 Å². The summed E-state index contributed by atoms with van der Waals surface area (Å²) in [5.41, 5.74) is 7.47. The van der Waals surface area contributed by atoms with Crippen LogP contribution in [-0.4, -0.2) is 20.3 Å². The summed E-state index contributed by atoms with van der Waals surface area (Å²) in [7, 11) is 1.66. The minimum absolute atomic E-state index is 0.0827. The van der Waals surface area contributed by atoms with Crippen LogP contribution in [0.2, 0.25) is 0 Å². The SMILES string of the molecule is CCC(CC)C(N)c1ccc(OCCOC)c(Br)c1. The number of benzene rings is 1. The van der Waals surface area contributed by atoms with E-state index in [1.807, 2.05) is 6.07 Å². The van der Waals surface area contributed by atoms with E-state index in [-0.39, 0.29) is 6.04 Å². The van der Waals surface area contributed by atoms with Crippen molar-refractivity contribution in [3.63, 3.8) is 0 Å². The van der Waals surface area contributed by atoms with Crippen molar-refractivity contribution in [1.29, 1.82) is 0 Å². The van der Waals surface area contributed by atoms with E-state index in [1.54, 1.807) is 7.11 Å². The van der Waals surface area contributed by atoms with Gasteiger partial charge in [0.15, 0.2) is 0 Å². The molecule has 0 radical (unpaired) electrons. The molecule has 0 spiro atoms. The third kappa shape index (κ3) is 4.79.